The van der Waals surface area contributed by atoms with E-state index in [0.29, 0.717) is 15.3 Å². The number of thiophene rings is 1. The molecule has 0 spiro atoms. The van der Waals surface area contributed by atoms with Crippen molar-refractivity contribution in [2.24, 2.45) is 5.92 Å². The van der Waals surface area contributed by atoms with Gasteiger partial charge in [0.25, 0.3) is 5.69 Å². The van der Waals surface area contributed by atoms with Crippen LogP contribution in [0.4, 0.5) is 5.69 Å². The SMILES string of the molecule is CC1=CC(=O)C(C(=O)/C=C/c2ccc(-c3ccccc3[N+](=O)[O-])s2)C(=O)O1. The topological polar surface area (TPSA) is 104 Å². The average Bonchev–Trinajstić information content (AvgIpc) is 3.08. The standard InChI is InChI=1S/C19H13NO6S/c1-11-10-16(22)18(19(23)26-11)15(21)8-6-12-7-9-17(27-12)13-4-2-3-5-14(13)20(24)25/h2-10,18H,1H3/b8-6+. The molecule has 2 heterocycles. The summed E-state index contributed by atoms with van der Waals surface area (Å²) in [4.78, 5) is 47.8. The molecule has 7 nitrogen and oxygen atoms in total. The van der Waals surface area contributed by atoms with Gasteiger partial charge < -0.3 is 4.74 Å². The fourth-order valence-electron chi connectivity index (χ4n) is 2.59. The van der Waals surface area contributed by atoms with E-state index in [2.05, 4.69) is 0 Å². The van der Waals surface area contributed by atoms with E-state index in [1.54, 1.807) is 30.3 Å². The predicted molar refractivity (Wildman–Crippen MR) is 98.8 cm³/mol. The van der Waals surface area contributed by atoms with Crippen LogP contribution in [0.5, 0.6) is 0 Å². The molecule has 3 rings (SSSR count). The number of hydrogen-bond acceptors (Lipinski definition) is 7. The molecule has 27 heavy (non-hydrogen) atoms. The van der Waals surface area contributed by atoms with Gasteiger partial charge in [0, 0.05) is 21.9 Å². The molecule has 0 radical (unpaired) electrons. The average molecular weight is 383 g/mol. The van der Waals surface area contributed by atoms with E-state index in [9.17, 15) is 24.5 Å². The minimum atomic E-state index is -1.49. The van der Waals surface area contributed by atoms with Crippen LogP contribution in [-0.2, 0) is 19.1 Å². The summed E-state index contributed by atoms with van der Waals surface area (Å²) in [5.74, 6) is -3.49. The molecule has 0 N–H and O–H groups in total. The molecule has 1 unspecified atom stereocenters. The van der Waals surface area contributed by atoms with Gasteiger partial charge in [0.2, 0.25) is 0 Å². The number of ketones is 2. The highest BCUT2D eigenvalue weighted by atomic mass is 32.1. The molecule has 1 aliphatic rings. The molecule has 0 bridgehead atoms. The maximum atomic E-state index is 12.2. The van der Waals surface area contributed by atoms with Crippen LogP contribution in [0.25, 0.3) is 16.5 Å². The molecule has 1 aliphatic heterocycles. The predicted octanol–water partition coefficient (Wildman–Crippen LogP) is 3.55. The van der Waals surface area contributed by atoms with Crippen LogP contribution in [0.2, 0.25) is 0 Å². The molecule has 1 atom stereocenters. The van der Waals surface area contributed by atoms with Gasteiger partial charge in [-0.15, -0.1) is 11.3 Å². The van der Waals surface area contributed by atoms with E-state index >= 15 is 0 Å². The van der Waals surface area contributed by atoms with Gasteiger partial charge in [-0.2, -0.15) is 0 Å². The number of carbonyl (C=O) groups excluding carboxylic acids is 3. The number of carbonyl (C=O) groups is 3. The molecular weight excluding hydrogens is 370 g/mol. The van der Waals surface area contributed by atoms with Crippen LogP contribution < -0.4 is 0 Å². The number of cyclic esters (lactones) is 1. The second-order valence-corrected chi connectivity index (χ2v) is 6.84. The lowest BCUT2D eigenvalue weighted by Gasteiger charge is -2.15. The zero-order valence-electron chi connectivity index (χ0n) is 14.1. The Morgan fingerprint density at radius 2 is 1.96 bits per heavy atom. The Hall–Kier alpha value is -3.39. The minimum absolute atomic E-state index is 0.0105. The zero-order valence-corrected chi connectivity index (χ0v) is 14.9. The van der Waals surface area contributed by atoms with Crippen molar-refractivity contribution in [1.29, 1.82) is 0 Å². The van der Waals surface area contributed by atoms with Crippen molar-refractivity contribution in [3.05, 3.63) is 69.3 Å². The molecule has 1 aromatic heterocycles. The van der Waals surface area contributed by atoms with Crippen molar-refractivity contribution in [3.8, 4) is 10.4 Å². The second-order valence-electron chi connectivity index (χ2n) is 5.72. The highest BCUT2D eigenvalue weighted by molar-refractivity contribution is 7.16. The van der Waals surface area contributed by atoms with Crippen molar-refractivity contribution in [2.75, 3.05) is 0 Å². The third-order valence-corrected chi connectivity index (χ3v) is 4.90. The van der Waals surface area contributed by atoms with E-state index in [1.165, 1.54) is 30.4 Å². The number of ether oxygens (including phenoxy) is 1. The summed E-state index contributed by atoms with van der Waals surface area (Å²) in [5.41, 5.74) is 0.466. The van der Waals surface area contributed by atoms with Gasteiger partial charge in [0.15, 0.2) is 17.5 Å². The number of nitro groups is 1. The summed E-state index contributed by atoms with van der Waals surface area (Å²) in [7, 11) is 0. The molecule has 8 heteroatoms. The number of esters is 1. The highest BCUT2D eigenvalue weighted by Gasteiger charge is 2.36. The number of allylic oxidation sites excluding steroid dienone is 3. The van der Waals surface area contributed by atoms with E-state index in [0.717, 1.165) is 12.2 Å². The van der Waals surface area contributed by atoms with Gasteiger partial charge >= 0.3 is 5.97 Å². The quantitative estimate of drug-likeness (QED) is 0.257. The van der Waals surface area contributed by atoms with E-state index in [-0.39, 0.29) is 11.4 Å². The molecular formula is C19H13NO6S. The van der Waals surface area contributed by atoms with E-state index in [1.807, 2.05) is 0 Å². The molecule has 0 aliphatic carbocycles. The van der Waals surface area contributed by atoms with E-state index < -0.39 is 28.4 Å². The Morgan fingerprint density at radius 1 is 1.22 bits per heavy atom. The summed E-state index contributed by atoms with van der Waals surface area (Å²) in [5, 5.41) is 11.1. The fourth-order valence-corrected chi connectivity index (χ4v) is 3.54. The largest absolute Gasteiger partial charge is 0.430 e. The number of hydrogen-bond donors (Lipinski definition) is 0. The Kier molecular flexibility index (Phi) is 5.09. The first-order valence-electron chi connectivity index (χ1n) is 7.86. The Bertz CT molecular complexity index is 1020. The number of nitrogens with zero attached hydrogens (tertiary/aromatic N) is 1. The molecule has 0 amide bonds. The molecule has 136 valence electrons. The molecule has 0 saturated heterocycles. The van der Waals surface area contributed by atoms with Gasteiger partial charge in [0.05, 0.1) is 10.5 Å². The minimum Gasteiger partial charge on any atom is -0.430 e. The molecule has 0 saturated carbocycles. The maximum absolute atomic E-state index is 12.2. The third kappa shape index (κ3) is 3.90. The van der Waals surface area contributed by atoms with Crippen molar-refractivity contribution in [2.45, 2.75) is 6.92 Å². The normalized spacial score (nSPS) is 16.9. The van der Waals surface area contributed by atoms with Crippen molar-refractivity contribution in [1.82, 2.24) is 0 Å². The first-order chi connectivity index (χ1) is 12.9. The summed E-state index contributed by atoms with van der Waals surface area (Å²) in [6.45, 7) is 1.46. The van der Waals surface area contributed by atoms with Crippen molar-refractivity contribution < 1.29 is 24.0 Å². The Morgan fingerprint density at radius 3 is 2.67 bits per heavy atom. The van der Waals surface area contributed by atoms with Crippen LogP contribution in [0.15, 0.2) is 54.3 Å². The lowest BCUT2D eigenvalue weighted by Crippen LogP contribution is -2.34. The number of nitro benzene ring substituents is 1. The first kappa shape index (κ1) is 18.4. The highest BCUT2D eigenvalue weighted by Crippen LogP contribution is 2.35. The number of rotatable bonds is 5. The Labute approximate surface area is 157 Å². The van der Waals surface area contributed by atoms with Gasteiger partial charge in [0.1, 0.15) is 5.76 Å². The summed E-state index contributed by atoms with van der Waals surface area (Å²) >= 11 is 1.25. The Balaban J connectivity index is 1.80. The molecule has 0 fully saturated rings. The smallest absolute Gasteiger partial charge is 0.329 e. The summed E-state index contributed by atoms with van der Waals surface area (Å²) in [6, 6.07) is 9.77. The van der Waals surface area contributed by atoms with Crippen molar-refractivity contribution in [3.63, 3.8) is 0 Å². The monoisotopic (exact) mass is 383 g/mol. The third-order valence-electron chi connectivity index (χ3n) is 3.82. The van der Waals surface area contributed by atoms with Gasteiger partial charge in [-0.05, 0) is 37.3 Å². The summed E-state index contributed by atoms with van der Waals surface area (Å²) < 4.78 is 4.83. The molecule has 2 aromatic rings. The van der Waals surface area contributed by atoms with E-state index in [4.69, 9.17) is 4.74 Å². The zero-order chi connectivity index (χ0) is 19.6. The maximum Gasteiger partial charge on any atom is 0.329 e. The van der Waals surface area contributed by atoms with Crippen molar-refractivity contribution >= 4 is 40.6 Å². The number of benzene rings is 1. The van der Waals surface area contributed by atoms with Gasteiger partial charge in [-0.3, -0.25) is 24.5 Å². The van der Waals surface area contributed by atoms with Crippen LogP contribution in [0.3, 0.4) is 0 Å². The van der Waals surface area contributed by atoms with Crippen LogP contribution in [0, 0.1) is 16.0 Å². The number of para-hydroxylation sites is 1. The lowest BCUT2D eigenvalue weighted by atomic mass is 9.96. The van der Waals surface area contributed by atoms with Crippen LogP contribution in [0.1, 0.15) is 11.8 Å². The van der Waals surface area contributed by atoms with Gasteiger partial charge in [-0.1, -0.05) is 12.1 Å². The second kappa shape index (κ2) is 7.46. The van der Waals surface area contributed by atoms with Gasteiger partial charge in [-0.25, -0.2) is 0 Å². The summed E-state index contributed by atoms with van der Waals surface area (Å²) in [6.07, 6.45) is 3.74. The lowest BCUT2D eigenvalue weighted by molar-refractivity contribution is -0.384. The van der Waals surface area contributed by atoms with Crippen LogP contribution >= 0.6 is 11.3 Å². The van der Waals surface area contributed by atoms with Crippen LogP contribution in [-0.4, -0.2) is 22.5 Å². The molecule has 1 aromatic carbocycles. The fraction of sp³-hybridized carbons (Fsp3) is 0.105. The first-order valence-corrected chi connectivity index (χ1v) is 8.68.